The van der Waals surface area contributed by atoms with Gasteiger partial charge in [-0.05, 0) is 24.6 Å². The maximum atomic E-state index is 12.9. The third kappa shape index (κ3) is 1.74. The molecule has 0 saturated heterocycles. The van der Waals surface area contributed by atoms with Crippen LogP contribution >= 0.6 is 0 Å². The van der Waals surface area contributed by atoms with Crippen LogP contribution in [0.5, 0.6) is 0 Å². The average Bonchev–Trinajstić information content (AvgIpc) is 2.75. The Labute approximate surface area is 99.3 Å². The minimum atomic E-state index is -0.207. The van der Waals surface area contributed by atoms with Gasteiger partial charge in [0, 0.05) is 18.7 Å². The van der Waals surface area contributed by atoms with Crippen molar-refractivity contribution in [1.29, 1.82) is 0 Å². The molecule has 1 N–H and O–H groups in total. The van der Waals surface area contributed by atoms with Crippen LogP contribution in [0.3, 0.4) is 0 Å². The lowest BCUT2D eigenvalue weighted by Gasteiger charge is -2.22. The van der Waals surface area contributed by atoms with Crippen molar-refractivity contribution in [2.75, 3.05) is 6.54 Å². The van der Waals surface area contributed by atoms with Gasteiger partial charge in [0.05, 0.1) is 17.9 Å². The van der Waals surface area contributed by atoms with Gasteiger partial charge in [-0.2, -0.15) is 5.10 Å². The van der Waals surface area contributed by atoms with Gasteiger partial charge < -0.3 is 5.32 Å². The van der Waals surface area contributed by atoms with Crippen molar-refractivity contribution in [3.63, 3.8) is 0 Å². The molecule has 0 saturated carbocycles. The predicted octanol–water partition coefficient (Wildman–Crippen LogP) is 2.35. The topological polar surface area (TPSA) is 29.9 Å². The highest BCUT2D eigenvalue weighted by Crippen LogP contribution is 2.27. The summed E-state index contributed by atoms with van der Waals surface area (Å²) in [6.45, 7) is 3.89. The Hall–Kier alpha value is -1.68. The Balaban J connectivity index is 2.07. The molecule has 88 valence electrons. The average molecular weight is 231 g/mol. The number of nitrogens with one attached hydrogen (secondary N) is 1. The summed E-state index contributed by atoms with van der Waals surface area (Å²) in [6.07, 6.45) is 1.87. The third-order valence-electron chi connectivity index (χ3n) is 3.20. The Morgan fingerprint density at radius 3 is 2.88 bits per heavy atom. The van der Waals surface area contributed by atoms with Gasteiger partial charge >= 0.3 is 0 Å². The molecule has 2 heterocycles. The van der Waals surface area contributed by atoms with Crippen LogP contribution in [0.2, 0.25) is 0 Å². The molecule has 0 aliphatic carbocycles. The van der Waals surface area contributed by atoms with Gasteiger partial charge in [-0.15, -0.1) is 0 Å². The molecule has 4 heteroatoms. The smallest absolute Gasteiger partial charge is 0.123 e. The molecule has 0 bridgehead atoms. The van der Waals surface area contributed by atoms with Crippen LogP contribution in [0.1, 0.15) is 18.7 Å². The Morgan fingerprint density at radius 1 is 1.35 bits per heavy atom. The van der Waals surface area contributed by atoms with Gasteiger partial charge in [0.25, 0.3) is 0 Å². The van der Waals surface area contributed by atoms with Crippen LogP contribution in [-0.4, -0.2) is 16.3 Å². The number of hydrogen-bond acceptors (Lipinski definition) is 2. The molecule has 1 atom stereocenters. The Kier molecular flexibility index (Phi) is 2.44. The first kappa shape index (κ1) is 10.5. The van der Waals surface area contributed by atoms with Crippen molar-refractivity contribution in [3.8, 4) is 11.1 Å². The molecule has 3 rings (SSSR count). The van der Waals surface area contributed by atoms with Gasteiger partial charge in [-0.3, -0.25) is 4.68 Å². The van der Waals surface area contributed by atoms with Crippen molar-refractivity contribution in [1.82, 2.24) is 15.1 Å². The van der Waals surface area contributed by atoms with Gasteiger partial charge in [-0.1, -0.05) is 12.1 Å². The molecule has 1 aliphatic rings. The normalized spacial score (nSPS) is 19.1. The summed E-state index contributed by atoms with van der Waals surface area (Å²) in [5.74, 6) is -0.207. The summed E-state index contributed by atoms with van der Waals surface area (Å²) in [4.78, 5) is 0. The third-order valence-corrected chi connectivity index (χ3v) is 3.20. The molecule has 3 nitrogen and oxygen atoms in total. The summed E-state index contributed by atoms with van der Waals surface area (Å²) in [5.41, 5.74) is 3.28. The molecular formula is C13H14FN3. The number of benzene rings is 1. The van der Waals surface area contributed by atoms with Crippen LogP contribution in [-0.2, 0) is 6.54 Å². The number of rotatable bonds is 1. The van der Waals surface area contributed by atoms with E-state index in [0.29, 0.717) is 6.04 Å². The van der Waals surface area contributed by atoms with E-state index < -0.39 is 0 Å². The highest BCUT2D eigenvalue weighted by molar-refractivity contribution is 5.65. The van der Waals surface area contributed by atoms with Crippen molar-refractivity contribution in [3.05, 3.63) is 42.0 Å². The lowest BCUT2D eigenvalue weighted by atomic mass is 10.1. The molecule has 17 heavy (non-hydrogen) atoms. The summed E-state index contributed by atoms with van der Waals surface area (Å²) >= 11 is 0. The van der Waals surface area contributed by atoms with Crippen LogP contribution in [0.15, 0.2) is 30.5 Å². The van der Waals surface area contributed by atoms with Gasteiger partial charge in [-0.25, -0.2) is 4.39 Å². The highest BCUT2D eigenvalue weighted by Gasteiger charge is 2.20. The summed E-state index contributed by atoms with van der Waals surface area (Å²) in [5, 5.41) is 7.78. The zero-order valence-electron chi connectivity index (χ0n) is 9.65. The summed E-state index contributed by atoms with van der Waals surface area (Å²) in [7, 11) is 0. The molecule has 1 aromatic carbocycles. The van der Waals surface area contributed by atoms with Crippen molar-refractivity contribution < 1.29 is 4.39 Å². The fourth-order valence-corrected chi connectivity index (χ4v) is 2.30. The van der Waals surface area contributed by atoms with Gasteiger partial charge in [0.15, 0.2) is 0 Å². The lowest BCUT2D eigenvalue weighted by molar-refractivity contribution is 0.392. The zero-order valence-corrected chi connectivity index (χ0v) is 9.65. The molecule has 0 unspecified atom stereocenters. The molecule has 0 fully saturated rings. The summed E-state index contributed by atoms with van der Waals surface area (Å²) in [6, 6.07) is 6.94. The van der Waals surface area contributed by atoms with E-state index in [1.165, 1.54) is 17.8 Å². The van der Waals surface area contributed by atoms with Crippen LogP contribution in [0.25, 0.3) is 11.1 Å². The van der Waals surface area contributed by atoms with Crippen molar-refractivity contribution >= 4 is 0 Å². The van der Waals surface area contributed by atoms with E-state index in [1.807, 2.05) is 6.20 Å². The lowest BCUT2D eigenvalue weighted by Crippen LogP contribution is -2.32. The van der Waals surface area contributed by atoms with E-state index >= 15 is 0 Å². The number of nitrogens with zero attached hydrogens (tertiary/aromatic N) is 2. The predicted molar refractivity (Wildman–Crippen MR) is 64.0 cm³/mol. The van der Waals surface area contributed by atoms with E-state index in [9.17, 15) is 4.39 Å². The SMILES string of the molecule is C[C@H]1CNCc2c(-c3ccc(F)cc3)cnn21. The summed E-state index contributed by atoms with van der Waals surface area (Å²) < 4.78 is 14.9. The van der Waals surface area contributed by atoms with E-state index in [2.05, 4.69) is 22.0 Å². The quantitative estimate of drug-likeness (QED) is 0.816. The fourth-order valence-electron chi connectivity index (χ4n) is 2.30. The minimum absolute atomic E-state index is 0.207. The highest BCUT2D eigenvalue weighted by atomic mass is 19.1. The monoisotopic (exact) mass is 231 g/mol. The van der Waals surface area contributed by atoms with E-state index in [0.717, 1.165) is 24.2 Å². The molecule has 0 amide bonds. The van der Waals surface area contributed by atoms with Crippen molar-refractivity contribution in [2.24, 2.45) is 0 Å². The Bertz CT molecular complexity index is 530. The second-order valence-electron chi connectivity index (χ2n) is 4.44. The van der Waals surface area contributed by atoms with E-state index in [-0.39, 0.29) is 5.82 Å². The number of halogens is 1. The molecule has 2 aromatic rings. The maximum Gasteiger partial charge on any atom is 0.123 e. The second-order valence-corrected chi connectivity index (χ2v) is 4.44. The fraction of sp³-hybridized carbons (Fsp3) is 0.308. The molecule has 0 radical (unpaired) electrons. The first-order valence-electron chi connectivity index (χ1n) is 5.79. The standard InChI is InChI=1S/C13H14FN3/c1-9-6-15-8-13-12(7-16-17(9)13)10-2-4-11(14)5-3-10/h2-5,7,9,15H,6,8H2,1H3/t9-/m0/s1. The first-order chi connectivity index (χ1) is 8.25. The molecule has 1 aliphatic heterocycles. The van der Waals surface area contributed by atoms with Gasteiger partial charge in [0.2, 0.25) is 0 Å². The number of hydrogen-bond donors (Lipinski definition) is 1. The zero-order chi connectivity index (χ0) is 11.8. The van der Waals surface area contributed by atoms with Crippen molar-refractivity contribution in [2.45, 2.75) is 19.5 Å². The number of fused-ring (bicyclic) bond motifs is 1. The van der Waals surface area contributed by atoms with E-state index in [4.69, 9.17) is 0 Å². The minimum Gasteiger partial charge on any atom is -0.309 e. The molecule has 1 aromatic heterocycles. The van der Waals surface area contributed by atoms with Crippen LogP contribution in [0, 0.1) is 5.82 Å². The second kappa shape index (κ2) is 3.96. The van der Waals surface area contributed by atoms with Gasteiger partial charge in [0.1, 0.15) is 5.82 Å². The van der Waals surface area contributed by atoms with Crippen LogP contribution < -0.4 is 5.32 Å². The van der Waals surface area contributed by atoms with Crippen LogP contribution in [0.4, 0.5) is 4.39 Å². The molecule has 0 spiro atoms. The molecular weight excluding hydrogens is 217 g/mol. The first-order valence-corrected chi connectivity index (χ1v) is 5.79. The number of aromatic nitrogens is 2. The maximum absolute atomic E-state index is 12.9. The Morgan fingerprint density at radius 2 is 2.12 bits per heavy atom. The largest absolute Gasteiger partial charge is 0.309 e. The van der Waals surface area contributed by atoms with E-state index in [1.54, 1.807) is 12.1 Å².